The molecule has 0 saturated carbocycles. The van der Waals surface area contributed by atoms with E-state index in [1.165, 1.54) is 4.57 Å². The van der Waals surface area contributed by atoms with Gasteiger partial charge in [0.05, 0.1) is 23.2 Å². The molecule has 0 bridgehead atoms. The lowest BCUT2D eigenvalue weighted by molar-refractivity contribution is 0.0952. The van der Waals surface area contributed by atoms with E-state index in [4.69, 9.17) is 0 Å². The number of hydrogen-bond acceptors (Lipinski definition) is 5. The van der Waals surface area contributed by atoms with Gasteiger partial charge in [0.15, 0.2) is 5.65 Å². The van der Waals surface area contributed by atoms with Crippen LogP contribution in [0.1, 0.15) is 61.1 Å². The van der Waals surface area contributed by atoms with E-state index >= 15 is 0 Å². The van der Waals surface area contributed by atoms with Crippen molar-refractivity contribution in [3.8, 4) is 0 Å². The van der Waals surface area contributed by atoms with Crippen LogP contribution in [0.5, 0.6) is 0 Å². The Balaban J connectivity index is 1.77. The highest BCUT2D eigenvalue weighted by Crippen LogP contribution is 2.20. The number of fused-ring (bicyclic) bond motifs is 2. The summed E-state index contributed by atoms with van der Waals surface area (Å²) in [6.45, 7) is 10.4. The van der Waals surface area contributed by atoms with Crippen LogP contribution >= 0.6 is 0 Å². The van der Waals surface area contributed by atoms with Crippen LogP contribution in [0.25, 0.3) is 16.7 Å². The molecule has 0 aliphatic carbocycles. The molecule has 1 amide bonds. The number of carbonyl (C=O) groups is 1. The Morgan fingerprint density at radius 1 is 1.15 bits per heavy atom. The Morgan fingerprint density at radius 2 is 1.91 bits per heavy atom. The van der Waals surface area contributed by atoms with Crippen LogP contribution in [0.3, 0.4) is 0 Å². The monoisotopic (exact) mass is 448 g/mol. The number of nitrogens with zero attached hydrogens (tertiary/aromatic N) is 4. The number of H-pyrrole nitrogens is 1. The van der Waals surface area contributed by atoms with Crippen molar-refractivity contribution in [2.24, 2.45) is 5.92 Å². The maximum Gasteiger partial charge on any atom is 0.330 e. The molecule has 9 heteroatoms. The minimum Gasteiger partial charge on any atom is -0.346 e. The predicted octanol–water partition coefficient (Wildman–Crippen LogP) is 2.75. The number of aromatic amines is 1. The Bertz CT molecular complexity index is 1480. The van der Waals surface area contributed by atoms with Crippen LogP contribution in [0.4, 0.5) is 0 Å². The first-order valence-corrected chi connectivity index (χ1v) is 11.0. The summed E-state index contributed by atoms with van der Waals surface area (Å²) in [6.07, 6.45) is 1.88. The molecule has 0 saturated heterocycles. The molecule has 33 heavy (non-hydrogen) atoms. The van der Waals surface area contributed by atoms with Gasteiger partial charge in [0.25, 0.3) is 11.5 Å². The maximum absolute atomic E-state index is 13.2. The van der Waals surface area contributed by atoms with Crippen LogP contribution in [-0.4, -0.2) is 29.8 Å². The highest BCUT2D eigenvalue weighted by molar-refractivity contribution is 6.05. The average Bonchev–Trinajstić information content (AvgIpc) is 3.18. The lowest BCUT2D eigenvalue weighted by Crippen LogP contribution is -2.34. The minimum absolute atomic E-state index is 0.00394. The van der Waals surface area contributed by atoms with E-state index in [1.807, 2.05) is 63.4 Å². The molecule has 0 spiro atoms. The Hall–Kier alpha value is -3.75. The zero-order valence-electron chi connectivity index (χ0n) is 19.5. The fraction of sp³-hybridized carbons (Fsp3) is 0.375. The van der Waals surface area contributed by atoms with Crippen molar-refractivity contribution in [3.05, 3.63) is 73.9 Å². The first kappa shape index (κ1) is 22.4. The highest BCUT2D eigenvalue weighted by Gasteiger charge is 2.21. The maximum atomic E-state index is 13.2. The SMILES string of the molecule is Cc1cccc2nc(CNC(=O)c3cc(C(C)C)nc4c3c(=O)[nH]c(=O)n4CC(C)C)cn12. The zero-order valence-corrected chi connectivity index (χ0v) is 19.5. The van der Waals surface area contributed by atoms with Crippen LogP contribution < -0.4 is 16.6 Å². The molecule has 2 N–H and O–H groups in total. The lowest BCUT2D eigenvalue weighted by Gasteiger charge is -2.15. The topological polar surface area (TPSA) is 114 Å². The van der Waals surface area contributed by atoms with Crippen molar-refractivity contribution in [2.45, 2.75) is 53.6 Å². The molecule has 4 aromatic rings. The highest BCUT2D eigenvalue weighted by atomic mass is 16.2. The van der Waals surface area contributed by atoms with E-state index in [0.29, 0.717) is 17.9 Å². The summed E-state index contributed by atoms with van der Waals surface area (Å²) in [7, 11) is 0. The molecule has 172 valence electrons. The summed E-state index contributed by atoms with van der Waals surface area (Å²) in [5.74, 6) is -0.264. The quantitative estimate of drug-likeness (QED) is 0.471. The van der Waals surface area contributed by atoms with Gasteiger partial charge in [0.2, 0.25) is 0 Å². The standard InChI is InChI=1S/C24H28N6O3/c1-13(2)11-30-21-20(23(32)28-24(30)33)17(9-18(27-21)14(3)4)22(31)25-10-16-12-29-15(5)7-6-8-19(29)26-16/h6-9,12-14H,10-11H2,1-5H3,(H,25,31)(H,28,32,33). The third-order valence-corrected chi connectivity index (χ3v) is 5.53. The van der Waals surface area contributed by atoms with Gasteiger partial charge < -0.3 is 9.72 Å². The number of carbonyl (C=O) groups excluding carboxylic acids is 1. The first-order valence-electron chi connectivity index (χ1n) is 11.0. The Labute approximate surface area is 190 Å². The molecule has 0 fully saturated rings. The third kappa shape index (κ3) is 4.30. The van der Waals surface area contributed by atoms with Gasteiger partial charge in [-0.2, -0.15) is 0 Å². The normalized spacial score (nSPS) is 11.7. The van der Waals surface area contributed by atoms with E-state index in [2.05, 4.69) is 20.3 Å². The summed E-state index contributed by atoms with van der Waals surface area (Å²) in [6, 6.07) is 7.45. The fourth-order valence-electron chi connectivity index (χ4n) is 3.85. The second kappa shape index (κ2) is 8.65. The molecular weight excluding hydrogens is 420 g/mol. The Morgan fingerprint density at radius 3 is 2.58 bits per heavy atom. The number of imidazole rings is 1. The molecule has 0 aliphatic heterocycles. The van der Waals surface area contributed by atoms with Gasteiger partial charge in [-0.15, -0.1) is 0 Å². The van der Waals surface area contributed by atoms with Crippen LogP contribution in [0.2, 0.25) is 0 Å². The molecule has 0 aliphatic rings. The summed E-state index contributed by atoms with van der Waals surface area (Å²) >= 11 is 0. The van der Waals surface area contributed by atoms with Gasteiger partial charge in [-0.1, -0.05) is 33.8 Å². The van der Waals surface area contributed by atoms with Crippen LogP contribution in [-0.2, 0) is 13.1 Å². The molecule has 4 heterocycles. The number of amides is 1. The van der Waals surface area contributed by atoms with Crippen molar-refractivity contribution >= 4 is 22.6 Å². The van der Waals surface area contributed by atoms with E-state index < -0.39 is 17.2 Å². The smallest absolute Gasteiger partial charge is 0.330 e. The zero-order chi connectivity index (χ0) is 23.9. The second-order valence-electron chi connectivity index (χ2n) is 9.02. The van der Waals surface area contributed by atoms with Gasteiger partial charge in [-0.3, -0.25) is 19.1 Å². The number of nitrogens with one attached hydrogen (secondary N) is 2. The van der Waals surface area contributed by atoms with Crippen molar-refractivity contribution in [3.63, 3.8) is 0 Å². The predicted molar refractivity (Wildman–Crippen MR) is 127 cm³/mol. The average molecular weight is 449 g/mol. The summed E-state index contributed by atoms with van der Waals surface area (Å²) < 4.78 is 3.39. The molecule has 0 aromatic carbocycles. The second-order valence-corrected chi connectivity index (χ2v) is 9.02. The van der Waals surface area contributed by atoms with E-state index in [0.717, 1.165) is 11.3 Å². The van der Waals surface area contributed by atoms with Crippen LogP contribution in [0.15, 0.2) is 40.1 Å². The third-order valence-electron chi connectivity index (χ3n) is 5.53. The van der Waals surface area contributed by atoms with Crippen molar-refractivity contribution in [1.29, 1.82) is 0 Å². The van der Waals surface area contributed by atoms with Gasteiger partial charge >= 0.3 is 5.69 Å². The van der Waals surface area contributed by atoms with Gasteiger partial charge in [0, 0.05) is 24.1 Å². The molecule has 0 radical (unpaired) electrons. The Kier molecular flexibility index (Phi) is 5.88. The van der Waals surface area contributed by atoms with E-state index in [1.54, 1.807) is 6.07 Å². The molecule has 4 aromatic heterocycles. The van der Waals surface area contributed by atoms with E-state index in [-0.39, 0.29) is 35.0 Å². The van der Waals surface area contributed by atoms with Gasteiger partial charge in [-0.25, -0.2) is 14.8 Å². The summed E-state index contributed by atoms with van der Waals surface area (Å²) in [5, 5.41) is 2.99. The molecule has 4 rings (SSSR count). The summed E-state index contributed by atoms with van der Waals surface area (Å²) in [4.78, 5) is 50.0. The number of aromatic nitrogens is 5. The molecular formula is C24H28N6O3. The lowest BCUT2D eigenvalue weighted by atomic mass is 10.0. The van der Waals surface area contributed by atoms with Crippen molar-refractivity contribution < 1.29 is 4.79 Å². The molecule has 9 nitrogen and oxygen atoms in total. The van der Waals surface area contributed by atoms with Gasteiger partial charge in [0.1, 0.15) is 5.65 Å². The molecule has 0 unspecified atom stereocenters. The number of pyridine rings is 2. The first-order chi connectivity index (χ1) is 15.7. The summed E-state index contributed by atoms with van der Waals surface area (Å²) in [5.41, 5.74) is 2.45. The van der Waals surface area contributed by atoms with E-state index in [9.17, 15) is 14.4 Å². The largest absolute Gasteiger partial charge is 0.346 e. The van der Waals surface area contributed by atoms with Crippen LogP contribution in [0, 0.1) is 12.8 Å². The van der Waals surface area contributed by atoms with Gasteiger partial charge in [-0.05, 0) is 37.0 Å². The number of hydrogen-bond donors (Lipinski definition) is 2. The number of rotatable bonds is 6. The number of aryl methyl sites for hydroxylation is 1. The fourth-order valence-corrected chi connectivity index (χ4v) is 3.85. The minimum atomic E-state index is -0.619. The van der Waals surface area contributed by atoms with Crippen molar-refractivity contribution in [1.82, 2.24) is 29.2 Å². The van der Waals surface area contributed by atoms with Crippen molar-refractivity contribution in [2.75, 3.05) is 0 Å². The molecule has 0 atom stereocenters.